The monoisotopic (exact) mass is 894 g/mol. The molecular weight excluding hydrogens is 864 g/mol. The van der Waals surface area contributed by atoms with E-state index >= 15 is 0 Å². The third-order valence-corrected chi connectivity index (χ3v) is 13.9. The summed E-state index contributed by atoms with van der Waals surface area (Å²) in [6.07, 6.45) is -11.7. The van der Waals surface area contributed by atoms with Crippen LogP contribution in [0.15, 0.2) is 22.2 Å². The number of rotatable bonds is 14. The molecule has 0 aliphatic carbocycles. The van der Waals surface area contributed by atoms with Crippen LogP contribution in [0.3, 0.4) is 0 Å². The molecule has 2 aliphatic heterocycles. The Balaban J connectivity index is 1.04. The van der Waals surface area contributed by atoms with E-state index in [-0.39, 0.29) is 34.2 Å². The fourth-order valence-corrected chi connectivity index (χ4v) is 10.6. The molecule has 0 saturated carbocycles. The number of aryl methyl sites for hydroxylation is 2. The highest BCUT2D eigenvalue weighted by atomic mass is 31.3. The van der Waals surface area contributed by atoms with Gasteiger partial charge >= 0.3 is 11.3 Å². The van der Waals surface area contributed by atoms with Gasteiger partial charge in [0.2, 0.25) is 23.5 Å². The van der Waals surface area contributed by atoms with Gasteiger partial charge in [-0.25, -0.2) is 22.1 Å². The van der Waals surface area contributed by atoms with Crippen molar-refractivity contribution < 1.29 is 98.8 Å². The number of nitrogen functional groups attached to an aromatic ring is 2. The normalized spacial score (nSPS) is 29.6. The minimum atomic E-state index is -6.65. The zero-order chi connectivity index (χ0) is 42.2. The molecular formula is C22H30N10O21P4-2. The number of aromatic nitrogens is 8. The summed E-state index contributed by atoms with van der Waals surface area (Å²) in [5, 5.41) is 42.1. The number of aromatic amines is 2. The first-order valence-electron chi connectivity index (χ1n) is 15.5. The number of nitrogens with one attached hydrogen (secondary N) is 2. The number of aliphatic hydroxyl groups is 4. The Hall–Kier alpha value is -3.38. The Morgan fingerprint density at radius 3 is 1.37 bits per heavy atom. The van der Waals surface area contributed by atoms with E-state index < -0.39 is 105 Å². The van der Waals surface area contributed by atoms with Crippen LogP contribution < -0.4 is 51.3 Å². The Labute approximate surface area is 314 Å². The lowest BCUT2D eigenvalue weighted by Gasteiger charge is -2.36. The van der Waals surface area contributed by atoms with Crippen molar-refractivity contribution in [1.82, 2.24) is 29.1 Å². The van der Waals surface area contributed by atoms with Crippen LogP contribution in [0.5, 0.6) is 0 Å². The maximum absolute atomic E-state index is 12.3. The van der Waals surface area contributed by atoms with Crippen molar-refractivity contribution in [3.05, 3.63) is 33.4 Å². The molecule has 0 spiro atoms. The van der Waals surface area contributed by atoms with E-state index in [2.05, 4.69) is 41.9 Å². The molecule has 31 nitrogen and oxygen atoms in total. The molecule has 2 saturated heterocycles. The van der Waals surface area contributed by atoms with Crippen molar-refractivity contribution in [3.63, 3.8) is 0 Å². The van der Waals surface area contributed by atoms with Gasteiger partial charge in [-0.15, -0.1) is 0 Å². The number of phosphoric ester groups is 2. The van der Waals surface area contributed by atoms with Gasteiger partial charge in [-0.3, -0.25) is 47.0 Å². The first-order valence-corrected chi connectivity index (χ1v) is 21.4. The van der Waals surface area contributed by atoms with E-state index in [1.807, 2.05) is 0 Å². The summed E-state index contributed by atoms with van der Waals surface area (Å²) in [7, 11) is -22.8. The van der Waals surface area contributed by atoms with Gasteiger partial charge in [0.05, 0.1) is 27.3 Å². The van der Waals surface area contributed by atoms with Crippen LogP contribution in [0.25, 0.3) is 22.3 Å². The van der Waals surface area contributed by atoms with Crippen LogP contribution in [-0.2, 0) is 63.8 Å². The number of fused-ring (bicyclic) bond motifs is 2. The van der Waals surface area contributed by atoms with Gasteiger partial charge in [0.1, 0.15) is 36.6 Å². The Morgan fingerprint density at radius 1 is 0.684 bits per heavy atom. The number of aliphatic hydroxyl groups excluding tert-OH is 4. The topological polar surface area (TPSA) is 467 Å². The molecule has 10 N–H and O–H groups in total. The molecule has 6 heterocycles. The molecule has 316 valence electrons. The second kappa shape index (κ2) is 15.3. The van der Waals surface area contributed by atoms with Gasteiger partial charge in [0.15, 0.2) is 12.7 Å². The Bertz CT molecular complexity index is 2360. The predicted molar refractivity (Wildman–Crippen MR) is 169 cm³/mol. The second-order valence-corrected chi connectivity index (χ2v) is 18.3. The summed E-state index contributed by atoms with van der Waals surface area (Å²) in [5.74, 6) is -0.660. The van der Waals surface area contributed by atoms with Crippen molar-refractivity contribution in [2.75, 3.05) is 24.7 Å². The molecule has 2 fully saturated rings. The Morgan fingerprint density at radius 2 is 1.02 bits per heavy atom. The summed E-state index contributed by atoms with van der Waals surface area (Å²) in [4.78, 5) is 86.0. The number of ether oxygens (including phenoxy) is 2. The molecule has 12 atom stereocenters. The average molecular weight is 894 g/mol. The minimum absolute atomic E-state index is 0.0472. The third-order valence-electron chi connectivity index (χ3n) is 8.20. The van der Waals surface area contributed by atoms with E-state index in [4.69, 9.17) is 20.9 Å². The van der Waals surface area contributed by atoms with Crippen molar-refractivity contribution in [3.8, 4) is 0 Å². The van der Waals surface area contributed by atoms with Crippen LogP contribution in [0.1, 0.15) is 12.5 Å². The fraction of sp³-hybridized carbons (Fsp3) is 0.545. The molecule has 35 heteroatoms. The lowest BCUT2D eigenvalue weighted by molar-refractivity contribution is -0.746. The number of H-pyrrole nitrogens is 2. The summed E-state index contributed by atoms with van der Waals surface area (Å²) < 4.78 is 84.0. The van der Waals surface area contributed by atoms with Gasteiger partial charge in [0, 0.05) is 0 Å². The molecule has 0 aromatic carbocycles. The number of nitrogens with zero attached hydrogens (tertiary/aromatic N) is 6. The SMILES string of the molecule is Cn1c[n+]([C@@H]2O[C@H](COP(=O)([O-])OP(=O)([O-])OP(=O)([O-])OP(=O)([O-])OC[C@H]3O[C@@H]([n+]4cn(C)c5c(=O)[nH]c(N)nc54)[C@H](O)[C@@H]3O)[C@@H](O)[C@H]2O)c2nc(N)[nH]c(=O)c21. The number of hydrogen-bond donors (Lipinski definition) is 8. The molecule has 4 unspecified atom stereocenters. The molecule has 4 aromatic heterocycles. The lowest BCUT2D eigenvalue weighted by atomic mass is 10.1. The highest BCUT2D eigenvalue weighted by Gasteiger charge is 2.49. The summed E-state index contributed by atoms with van der Waals surface area (Å²) >= 11 is 0. The number of nitrogens with two attached hydrogens (primary N) is 2. The zero-order valence-corrected chi connectivity index (χ0v) is 32.1. The first kappa shape index (κ1) is 43.2. The maximum atomic E-state index is 12.3. The second-order valence-electron chi connectivity index (χ2n) is 12.2. The van der Waals surface area contributed by atoms with E-state index in [0.29, 0.717) is 0 Å². The standard InChI is InChI=1S/C22H32N10O21P4/c1-29-5-31(15-9(29)17(37)27-21(23)25-15)19-13(35)11(33)7(49-19)3-47-54(39,40)51-56(43,44)53-57(45,46)52-55(41,42)48-4-8-12(34)14(36)20(50-8)32-6-30(2)10-16(32)26-22(24)28-18(10)38/h5-8,11-14,19-20,33-36H,3-4H2,1-2H3,(H8-2,23,24,25,26,27,28,37,38,39,40,41,42,43,44,45,46)/p-2/t7-,8-,11-,12-,13-,14-,19-,20-/m1/s1. The first-order chi connectivity index (χ1) is 26.3. The smallest absolute Gasteiger partial charge is 0.313 e. The summed E-state index contributed by atoms with van der Waals surface area (Å²) in [5.41, 5.74) is 9.43. The van der Waals surface area contributed by atoms with E-state index in [9.17, 15) is 67.8 Å². The molecule has 0 radical (unpaired) electrons. The number of phosphoric acid groups is 4. The highest BCUT2D eigenvalue weighted by Crippen LogP contribution is 2.66. The van der Waals surface area contributed by atoms with Gasteiger partial charge in [-0.05, 0) is 0 Å². The molecule has 2 aliphatic rings. The van der Waals surface area contributed by atoms with Crippen molar-refractivity contribution in [1.29, 1.82) is 0 Å². The third kappa shape index (κ3) is 8.97. The van der Waals surface area contributed by atoms with Crippen LogP contribution in [0.4, 0.5) is 11.9 Å². The number of hydrogen-bond acceptors (Lipinski definition) is 25. The number of imidazole rings is 2. The van der Waals surface area contributed by atoms with Crippen LogP contribution >= 0.6 is 31.3 Å². The number of anilines is 2. The average Bonchev–Trinajstić information content (AvgIpc) is 3.74. The van der Waals surface area contributed by atoms with Crippen molar-refractivity contribution in [2.45, 2.75) is 49.1 Å². The van der Waals surface area contributed by atoms with Gasteiger partial charge in [0.25, 0.3) is 54.3 Å². The van der Waals surface area contributed by atoms with Gasteiger partial charge in [-0.2, -0.15) is 0 Å². The maximum Gasteiger partial charge on any atom is 0.313 e. The van der Waals surface area contributed by atoms with Crippen molar-refractivity contribution >= 4 is 65.5 Å². The molecule has 0 bridgehead atoms. The molecule has 0 amide bonds. The van der Waals surface area contributed by atoms with E-state index in [0.717, 1.165) is 9.13 Å². The van der Waals surface area contributed by atoms with E-state index in [1.54, 1.807) is 0 Å². The van der Waals surface area contributed by atoms with Crippen molar-refractivity contribution in [2.24, 2.45) is 14.1 Å². The molecule has 6 rings (SSSR count). The predicted octanol–water partition coefficient (Wildman–Crippen LogP) is -7.53. The zero-order valence-electron chi connectivity index (χ0n) is 28.5. The molecule has 57 heavy (non-hydrogen) atoms. The lowest BCUT2D eigenvalue weighted by Crippen LogP contribution is -2.46. The van der Waals surface area contributed by atoms with Crippen LogP contribution in [-0.4, -0.2) is 99.3 Å². The van der Waals surface area contributed by atoms with Gasteiger partial charge in [-0.1, -0.05) is 9.97 Å². The van der Waals surface area contributed by atoms with Gasteiger partial charge < -0.3 is 70.0 Å². The van der Waals surface area contributed by atoms with E-state index in [1.165, 1.54) is 35.9 Å². The van der Waals surface area contributed by atoms with Crippen LogP contribution in [0.2, 0.25) is 0 Å². The highest BCUT2D eigenvalue weighted by molar-refractivity contribution is 7.68. The minimum Gasteiger partial charge on any atom is -0.756 e. The quantitative estimate of drug-likeness (QED) is 0.0430. The molecule has 4 aromatic rings. The fourth-order valence-electron chi connectivity index (χ4n) is 5.88. The largest absolute Gasteiger partial charge is 0.756 e. The van der Waals surface area contributed by atoms with Crippen LogP contribution in [0, 0.1) is 0 Å². The summed E-state index contributed by atoms with van der Waals surface area (Å²) in [6, 6.07) is 0. The summed E-state index contributed by atoms with van der Waals surface area (Å²) in [6.45, 7) is -2.56. The Kier molecular flexibility index (Phi) is 11.6.